The van der Waals surface area contributed by atoms with Crippen LogP contribution in [0.25, 0.3) is 0 Å². The molecule has 0 fully saturated rings. The summed E-state index contributed by atoms with van der Waals surface area (Å²) in [5.41, 5.74) is 1.97. The van der Waals surface area contributed by atoms with E-state index in [2.05, 4.69) is 0 Å². The molecule has 2 aromatic rings. The highest BCUT2D eigenvalue weighted by Crippen LogP contribution is 2.12. The zero-order valence-electron chi connectivity index (χ0n) is 11.6. The fourth-order valence-corrected chi connectivity index (χ4v) is 2.32. The van der Waals surface area contributed by atoms with E-state index < -0.39 is 12.9 Å². The molecule has 0 atom stereocenters. The van der Waals surface area contributed by atoms with Crippen LogP contribution in [0.3, 0.4) is 0 Å². The van der Waals surface area contributed by atoms with Crippen molar-refractivity contribution in [1.82, 2.24) is 4.90 Å². The Kier molecular flexibility index (Phi) is 5.36. The molecule has 0 aliphatic rings. The molecule has 0 unspecified atom stereocenters. The van der Waals surface area contributed by atoms with Crippen LogP contribution in [0.2, 0.25) is 5.02 Å². The molecule has 0 aromatic heterocycles. The normalized spacial score (nSPS) is 11.0. The first-order valence-electron chi connectivity index (χ1n) is 6.53. The monoisotopic (exact) mass is 307 g/mol. The zero-order chi connectivity index (χ0) is 15.4. The summed E-state index contributed by atoms with van der Waals surface area (Å²) in [5, 5.41) is 19.3. The molecular weight excluding hydrogens is 291 g/mol. The lowest BCUT2D eigenvalue weighted by Crippen LogP contribution is -2.35. The fraction of sp³-hybridized carbons (Fsp3) is 0.200. The van der Waals surface area contributed by atoms with Gasteiger partial charge in [0.15, 0.2) is 0 Å². The Balaban J connectivity index is 2.09. The first-order chi connectivity index (χ1) is 9.95. The standard InChI is InChI=1S/C15H16BClFNO2/c1-19(9-11-2-5-13(17)6-3-11)10-12-4-7-14(18)8-15(12)16(20)21/h2-8,20-21H,9-10H2,1H3. The van der Waals surface area contributed by atoms with Crippen molar-refractivity contribution in [2.75, 3.05) is 7.05 Å². The summed E-state index contributed by atoms with van der Waals surface area (Å²) in [7, 11) is 0.227. The predicted octanol–water partition coefficient (Wildman–Crippen LogP) is 1.79. The van der Waals surface area contributed by atoms with E-state index in [0.717, 1.165) is 11.6 Å². The molecule has 2 rings (SSSR count). The van der Waals surface area contributed by atoms with Gasteiger partial charge in [0.1, 0.15) is 5.82 Å². The van der Waals surface area contributed by atoms with Crippen molar-refractivity contribution in [1.29, 1.82) is 0 Å². The quantitative estimate of drug-likeness (QED) is 0.828. The molecular formula is C15H16BClFNO2. The second-order valence-electron chi connectivity index (χ2n) is 5.02. The third kappa shape index (κ3) is 4.54. The molecule has 110 valence electrons. The zero-order valence-corrected chi connectivity index (χ0v) is 12.4. The van der Waals surface area contributed by atoms with Crippen LogP contribution < -0.4 is 5.46 Å². The van der Waals surface area contributed by atoms with Gasteiger partial charge in [0.2, 0.25) is 0 Å². The first-order valence-corrected chi connectivity index (χ1v) is 6.91. The van der Waals surface area contributed by atoms with Gasteiger partial charge in [-0.1, -0.05) is 29.8 Å². The smallest absolute Gasteiger partial charge is 0.423 e. The Morgan fingerprint density at radius 2 is 1.76 bits per heavy atom. The highest BCUT2D eigenvalue weighted by Gasteiger charge is 2.17. The molecule has 2 N–H and O–H groups in total. The van der Waals surface area contributed by atoms with Gasteiger partial charge in [-0.05, 0) is 47.9 Å². The van der Waals surface area contributed by atoms with Crippen LogP contribution in [-0.4, -0.2) is 29.1 Å². The van der Waals surface area contributed by atoms with Gasteiger partial charge in [-0.3, -0.25) is 4.90 Å². The van der Waals surface area contributed by atoms with E-state index in [4.69, 9.17) is 11.6 Å². The number of hydrogen-bond acceptors (Lipinski definition) is 3. The Morgan fingerprint density at radius 1 is 1.10 bits per heavy atom. The molecule has 0 aliphatic carbocycles. The molecule has 21 heavy (non-hydrogen) atoms. The van der Waals surface area contributed by atoms with Crippen LogP contribution >= 0.6 is 11.6 Å². The van der Waals surface area contributed by atoms with Crippen LogP contribution in [0.15, 0.2) is 42.5 Å². The average molecular weight is 308 g/mol. The van der Waals surface area contributed by atoms with Gasteiger partial charge in [0.25, 0.3) is 0 Å². The summed E-state index contributed by atoms with van der Waals surface area (Å²) >= 11 is 5.84. The minimum absolute atomic E-state index is 0.193. The van der Waals surface area contributed by atoms with Gasteiger partial charge in [0, 0.05) is 18.1 Å². The van der Waals surface area contributed by atoms with Crippen molar-refractivity contribution in [3.8, 4) is 0 Å². The van der Waals surface area contributed by atoms with Crippen molar-refractivity contribution >= 4 is 24.2 Å². The van der Waals surface area contributed by atoms with Gasteiger partial charge in [0.05, 0.1) is 0 Å². The van der Waals surface area contributed by atoms with Gasteiger partial charge >= 0.3 is 7.12 Å². The van der Waals surface area contributed by atoms with Crippen molar-refractivity contribution in [3.05, 3.63) is 64.4 Å². The van der Waals surface area contributed by atoms with E-state index in [1.54, 1.807) is 6.07 Å². The molecule has 0 radical (unpaired) electrons. The average Bonchev–Trinajstić information content (AvgIpc) is 2.43. The number of hydrogen-bond donors (Lipinski definition) is 2. The van der Waals surface area contributed by atoms with Crippen molar-refractivity contribution in [3.63, 3.8) is 0 Å². The number of benzene rings is 2. The van der Waals surface area contributed by atoms with Gasteiger partial charge in [-0.15, -0.1) is 0 Å². The summed E-state index contributed by atoms with van der Waals surface area (Å²) in [4.78, 5) is 2.00. The Hall–Kier alpha value is -1.40. The highest BCUT2D eigenvalue weighted by molar-refractivity contribution is 6.59. The molecule has 0 saturated heterocycles. The summed E-state index contributed by atoms with van der Waals surface area (Å²) in [6, 6.07) is 11.6. The molecule has 6 heteroatoms. The maximum Gasteiger partial charge on any atom is 0.488 e. The van der Waals surface area contributed by atoms with E-state index in [0.29, 0.717) is 23.7 Å². The van der Waals surface area contributed by atoms with Crippen LogP contribution in [0.5, 0.6) is 0 Å². The van der Waals surface area contributed by atoms with Gasteiger partial charge < -0.3 is 10.0 Å². The Bertz CT molecular complexity index is 607. The molecule has 0 bridgehead atoms. The molecule has 0 heterocycles. The minimum Gasteiger partial charge on any atom is -0.423 e. The van der Waals surface area contributed by atoms with Gasteiger partial charge in [-0.25, -0.2) is 4.39 Å². The summed E-state index contributed by atoms with van der Waals surface area (Å²) in [6.45, 7) is 1.16. The van der Waals surface area contributed by atoms with Crippen molar-refractivity contribution < 1.29 is 14.4 Å². The largest absolute Gasteiger partial charge is 0.488 e. The second-order valence-corrected chi connectivity index (χ2v) is 5.45. The van der Waals surface area contributed by atoms with Crippen LogP contribution in [0.1, 0.15) is 11.1 Å². The van der Waals surface area contributed by atoms with Crippen LogP contribution in [0, 0.1) is 5.82 Å². The molecule has 0 amide bonds. The van der Waals surface area contributed by atoms with E-state index in [9.17, 15) is 14.4 Å². The van der Waals surface area contributed by atoms with E-state index in [1.165, 1.54) is 6.07 Å². The molecule has 0 aliphatic heterocycles. The SMILES string of the molecule is CN(Cc1ccc(Cl)cc1)Cc1ccc(F)cc1B(O)O. The minimum atomic E-state index is -1.68. The molecule has 3 nitrogen and oxygen atoms in total. The fourth-order valence-electron chi connectivity index (χ4n) is 2.20. The lowest BCUT2D eigenvalue weighted by molar-refractivity contribution is 0.319. The van der Waals surface area contributed by atoms with E-state index >= 15 is 0 Å². The predicted molar refractivity (Wildman–Crippen MR) is 82.8 cm³/mol. The van der Waals surface area contributed by atoms with Crippen LogP contribution in [0.4, 0.5) is 4.39 Å². The first kappa shape index (κ1) is 16.0. The maximum absolute atomic E-state index is 13.2. The molecule has 0 saturated carbocycles. The van der Waals surface area contributed by atoms with Crippen molar-refractivity contribution in [2.24, 2.45) is 0 Å². The number of nitrogens with zero attached hydrogens (tertiary/aromatic N) is 1. The second kappa shape index (κ2) is 7.05. The van der Waals surface area contributed by atoms with Gasteiger partial charge in [-0.2, -0.15) is 0 Å². The highest BCUT2D eigenvalue weighted by atomic mass is 35.5. The number of rotatable bonds is 5. The van der Waals surface area contributed by atoms with Crippen LogP contribution in [-0.2, 0) is 13.1 Å². The van der Waals surface area contributed by atoms with Crippen molar-refractivity contribution in [2.45, 2.75) is 13.1 Å². The summed E-state index contributed by atoms with van der Waals surface area (Å²) in [6.07, 6.45) is 0. The Labute approximate surface area is 128 Å². The molecule has 0 spiro atoms. The topological polar surface area (TPSA) is 43.7 Å². The lowest BCUT2D eigenvalue weighted by Gasteiger charge is -2.19. The molecule has 2 aromatic carbocycles. The number of halogens is 2. The Morgan fingerprint density at radius 3 is 2.38 bits per heavy atom. The third-order valence-electron chi connectivity index (χ3n) is 3.19. The lowest BCUT2D eigenvalue weighted by atomic mass is 9.77. The van der Waals surface area contributed by atoms with E-state index in [1.807, 2.05) is 36.2 Å². The van der Waals surface area contributed by atoms with E-state index in [-0.39, 0.29) is 5.46 Å². The summed E-state index contributed by atoms with van der Waals surface area (Å²) in [5.74, 6) is -0.484. The maximum atomic E-state index is 13.2. The summed E-state index contributed by atoms with van der Waals surface area (Å²) < 4.78 is 13.2. The third-order valence-corrected chi connectivity index (χ3v) is 3.44.